The summed E-state index contributed by atoms with van der Waals surface area (Å²) in [6, 6.07) is 15.1. The van der Waals surface area contributed by atoms with Gasteiger partial charge in [0.05, 0.1) is 0 Å². The van der Waals surface area contributed by atoms with Crippen LogP contribution in [0.5, 0.6) is 0 Å². The van der Waals surface area contributed by atoms with E-state index in [0.29, 0.717) is 18.5 Å². The molecule has 0 amide bonds. The van der Waals surface area contributed by atoms with Gasteiger partial charge in [-0.3, -0.25) is 9.88 Å². The monoisotopic (exact) mass is 283 g/mol. The molecular formula is C18H25N3. The molecular weight excluding hydrogens is 258 g/mol. The smallest absolute Gasteiger partial charge is 0.0287 e. The largest absolute Gasteiger partial charge is 0.329 e. The lowest BCUT2D eigenvalue weighted by Gasteiger charge is -2.34. The van der Waals surface area contributed by atoms with Gasteiger partial charge in [0.25, 0.3) is 0 Å². The number of rotatable bonds is 7. The third-order valence-corrected chi connectivity index (χ3v) is 4.15. The van der Waals surface area contributed by atoms with Gasteiger partial charge in [0.2, 0.25) is 0 Å². The molecule has 21 heavy (non-hydrogen) atoms. The lowest BCUT2D eigenvalue weighted by molar-refractivity contribution is 0.179. The van der Waals surface area contributed by atoms with Crippen LogP contribution in [0.1, 0.15) is 30.9 Å². The molecule has 112 valence electrons. The highest BCUT2D eigenvalue weighted by Crippen LogP contribution is 2.23. The first-order chi connectivity index (χ1) is 10.3. The number of aromatic nitrogens is 1. The van der Waals surface area contributed by atoms with Gasteiger partial charge in [0.1, 0.15) is 0 Å². The standard InChI is InChI=1S/C18H25N3/c1-3-21(14-16-9-11-20-12-10-16)18(13-19)15(2)17-7-5-4-6-8-17/h4-12,15,18H,3,13-14,19H2,1-2H3. The predicted octanol–water partition coefficient (Wildman–Crippen LogP) is 3.03. The van der Waals surface area contributed by atoms with Crippen LogP contribution in [0.3, 0.4) is 0 Å². The molecule has 2 N–H and O–H groups in total. The Morgan fingerprint density at radius 1 is 1.10 bits per heavy atom. The number of hydrogen-bond donors (Lipinski definition) is 1. The maximum Gasteiger partial charge on any atom is 0.0287 e. The molecule has 0 aliphatic heterocycles. The fraction of sp³-hybridized carbons (Fsp3) is 0.389. The van der Waals surface area contributed by atoms with Gasteiger partial charge in [-0.1, -0.05) is 44.2 Å². The van der Waals surface area contributed by atoms with Gasteiger partial charge in [-0.15, -0.1) is 0 Å². The Morgan fingerprint density at radius 2 is 1.76 bits per heavy atom. The predicted molar refractivity (Wildman–Crippen MR) is 88.0 cm³/mol. The second-order valence-corrected chi connectivity index (χ2v) is 5.42. The summed E-state index contributed by atoms with van der Waals surface area (Å²) >= 11 is 0. The lowest BCUT2D eigenvalue weighted by Crippen LogP contribution is -2.43. The quantitative estimate of drug-likeness (QED) is 0.849. The SMILES string of the molecule is CCN(Cc1ccncc1)C(CN)C(C)c1ccccc1. The van der Waals surface area contributed by atoms with E-state index in [4.69, 9.17) is 5.73 Å². The molecule has 0 saturated carbocycles. The summed E-state index contributed by atoms with van der Waals surface area (Å²) in [5.74, 6) is 0.415. The first-order valence-electron chi connectivity index (χ1n) is 7.64. The van der Waals surface area contributed by atoms with Gasteiger partial charge in [-0.2, -0.15) is 0 Å². The summed E-state index contributed by atoms with van der Waals surface area (Å²) in [4.78, 5) is 6.53. The van der Waals surface area contributed by atoms with Gasteiger partial charge in [0.15, 0.2) is 0 Å². The van der Waals surface area contributed by atoms with E-state index in [-0.39, 0.29) is 0 Å². The van der Waals surface area contributed by atoms with Crippen LogP contribution < -0.4 is 5.73 Å². The van der Waals surface area contributed by atoms with Gasteiger partial charge in [-0.25, -0.2) is 0 Å². The summed E-state index contributed by atoms with van der Waals surface area (Å²) < 4.78 is 0. The van der Waals surface area contributed by atoms with Crippen molar-refractivity contribution in [2.45, 2.75) is 32.4 Å². The van der Waals surface area contributed by atoms with Crippen molar-refractivity contribution in [3.63, 3.8) is 0 Å². The van der Waals surface area contributed by atoms with Crippen LogP contribution in [-0.4, -0.2) is 29.0 Å². The Hall–Kier alpha value is -1.71. The maximum absolute atomic E-state index is 6.09. The van der Waals surface area contributed by atoms with Crippen molar-refractivity contribution in [2.75, 3.05) is 13.1 Å². The molecule has 3 heteroatoms. The summed E-state index contributed by atoms with van der Waals surface area (Å²) in [5.41, 5.74) is 8.72. The second kappa shape index (κ2) is 7.91. The average molecular weight is 283 g/mol. The van der Waals surface area contributed by atoms with Gasteiger partial charge in [0, 0.05) is 31.5 Å². The first kappa shape index (κ1) is 15.7. The minimum Gasteiger partial charge on any atom is -0.329 e. The fourth-order valence-electron chi connectivity index (χ4n) is 2.83. The summed E-state index contributed by atoms with van der Waals surface area (Å²) in [6.45, 7) is 7.03. The Labute approximate surface area is 127 Å². The molecule has 2 aromatic rings. The lowest BCUT2D eigenvalue weighted by atomic mass is 9.92. The minimum absolute atomic E-state index is 0.338. The van der Waals surface area contributed by atoms with E-state index in [1.807, 2.05) is 12.4 Å². The van der Waals surface area contributed by atoms with E-state index >= 15 is 0 Å². The number of nitrogens with zero attached hydrogens (tertiary/aromatic N) is 2. The van der Waals surface area contributed by atoms with Crippen molar-refractivity contribution >= 4 is 0 Å². The van der Waals surface area contributed by atoms with Crippen molar-refractivity contribution in [2.24, 2.45) is 5.73 Å². The summed E-state index contributed by atoms with van der Waals surface area (Å²) in [5, 5.41) is 0. The average Bonchev–Trinajstić information content (AvgIpc) is 2.56. The Bertz CT molecular complexity index is 513. The van der Waals surface area contributed by atoms with Crippen molar-refractivity contribution in [1.82, 2.24) is 9.88 Å². The van der Waals surface area contributed by atoms with E-state index < -0.39 is 0 Å². The van der Waals surface area contributed by atoms with Crippen molar-refractivity contribution in [1.29, 1.82) is 0 Å². The Morgan fingerprint density at radius 3 is 2.33 bits per heavy atom. The molecule has 0 spiro atoms. The van der Waals surface area contributed by atoms with E-state index in [1.54, 1.807) is 0 Å². The molecule has 2 atom stereocenters. The highest BCUT2D eigenvalue weighted by molar-refractivity contribution is 5.21. The van der Waals surface area contributed by atoms with E-state index in [1.165, 1.54) is 11.1 Å². The van der Waals surface area contributed by atoms with Crippen LogP contribution in [0, 0.1) is 0 Å². The highest BCUT2D eigenvalue weighted by Gasteiger charge is 2.23. The van der Waals surface area contributed by atoms with Crippen LogP contribution in [0.4, 0.5) is 0 Å². The van der Waals surface area contributed by atoms with Gasteiger partial charge >= 0.3 is 0 Å². The topological polar surface area (TPSA) is 42.2 Å². The van der Waals surface area contributed by atoms with Gasteiger partial charge in [-0.05, 0) is 35.7 Å². The normalized spacial score (nSPS) is 14.1. The number of benzene rings is 1. The van der Waals surface area contributed by atoms with E-state index in [9.17, 15) is 0 Å². The molecule has 3 nitrogen and oxygen atoms in total. The molecule has 1 heterocycles. The number of likely N-dealkylation sites (N-methyl/N-ethyl adjacent to an activating group) is 1. The highest BCUT2D eigenvalue weighted by atomic mass is 15.2. The number of nitrogens with two attached hydrogens (primary N) is 1. The van der Waals surface area contributed by atoms with Crippen LogP contribution in [0.25, 0.3) is 0 Å². The molecule has 0 saturated heterocycles. The Balaban J connectivity index is 2.14. The van der Waals surface area contributed by atoms with Crippen molar-refractivity contribution in [3.8, 4) is 0 Å². The zero-order valence-corrected chi connectivity index (χ0v) is 12.9. The van der Waals surface area contributed by atoms with E-state index in [0.717, 1.165) is 13.1 Å². The number of pyridine rings is 1. The molecule has 0 radical (unpaired) electrons. The minimum atomic E-state index is 0.338. The van der Waals surface area contributed by atoms with Crippen molar-refractivity contribution < 1.29 is 0 Å². The molecule has 0 aliphatic carbocycles. The molecule has 1 aromatic heterocycles. The zero-order valence-electron chi connectivity index (χ0n) is 12.9. The summed E-state index contributed by atoms with van der Waals surface area (Å²) in [7, 11) is 0. The summed E-state index contributed by atoms with van der Waals surface area (Å²) in [6.07, 6.45) is 3.70. The molecule has 2 unspecified atom stereocenters. The van der Waals surface area contributed by atoms with E-state index in [2.05, 4.69) is 66.2 Å². The van der Waals surface area contributed by atoms with Crippen LogP contribution in [0.15, 0.2) is 54.9 Å². The third-order valence-electron chi connectivity index (χ3n) is 4.15. The van der Waals surface area contributed by atoms with Crippen molar-refractivity contribution in [3.05, 3.63) is 66.0 Å². The Kier molecular flexibility index (Phi) is 5.90. The molecule has 0 aliphatic rings. The zero-order chi connectivity index (χ0) is 15.1. The molecule has 0 bridgehead atoms. The second-order valence-electron chi connectivity index (χ2n) is 5.42. The number of hydrogen-bond acceptors (Lipinski definition) is 3. The van der Waals surface area contributed by atoms with Crippen LogP contribution in [0.2, 0.25) is 0 Å². The first-order valence-corrected chi connectivity index (χ1v) is 7.64. The maximum atomic E-state index is 6.09. The van der Waals surface area contributed by atoms with Crippen LogP contribution in [-0.2, 0) is 6.54 Å². The third kappa shape index (κ3) is 4.13. The fourth-order valence-corrected chi connectivity index (χ4v) is 2.83. The molecule has 1 aromatic carbocycles. The molecule has 0 fully saturated rings. The molecule has 2 rings (SSSR count). The van der Waals surface area contributed by atoms with Gasteiger partial charge < -0.3 is 5.73 Å². The van der Waals surface area contributed by atoms with Crippen LogP contribution >= 0.6 is 0 Å².